The third-order valence-electron chi connectivity index (χ3n) is 4.42. The standard InChI is InChI=1S/C17H22N2O5/c1-11-5-3-4-6-14(11)18-16(20)10-24-17(21)13-7-8-15(19(22)23)12(2)9-13/h7-9,11,14H,3-6,10H2,1-2H3,(H,18,20)/t11-,14-/m0/s1. The Morgan fingerprint density at radius 2 is 2.04 bits per heavy atom. The van der Waals surface area contributed by atoms with Gasteiger partial charge in [0.2, 0.25) is 0 Å². The van der Waals surface area contributed by atoms with Gasteiger partial charge in [-0.2, -0.15) is 0 Å². The van der Waals surface area contributed by atoms with Crippen LogP contribution in [0.2, 0.25) is 0 Å². The van der Waals surface area contributed by atoms with Crippen LogP contribution in [0.1, 0.15) is 48.5 Å². The summed E-state index contributed by atoms with van der Waals surface area (Å²) in [5, 5.41) is 13.7. The Morgan fingerprint density at radius 1 is 1.33 bits per heavy atom. The first-order valence-electron chi connectivity index (χ1n) is 8.10. The monoisotopic (exact) mass is 334 g/mol. The Bertz CT molecular complexity index is 644. The molecule has 1 fully saturated rings. The minimum absolute atomic E-state index is 0.0596. The fourth-order valence-corrected chi connectivity index (χ4v) is 2.98. The van der Waals surface area contributed by atoms with Crippen LogP contribution in [0, 0.1) is 23.0 Å². The van der Waals surface area contributed by atoms with Crippen molar-refractivity contribution in [3.63, 3.8) is 0 Å². The maximum Gasteiger partial charge on any atom is 0.338 e. The number of nitrogens with one attached hydrogen (secondary N) is 1. The van der Waals surface area contributed by atoms with Gasteiger partial charge >= 0.3 is 5.97 Å². The molecular weight excluding hydrogens is 312 g/mol. The van der Waals surface area contributed by atoms with E-state index in [9.17, 15) is 19.7 Å². The molecule has 0 radical (unpaired) electrons. The quantitative estimate of drug-likeness (QED) is 0.507. The van der Waals surface area contributed by atoms with E-state index in [1.807, 2.05) is 0 Å². The highest BCUT2D eigenvalue weighted by atomic mass is 16.6. The predicted molar refractivity (Wildman–Crippen MR) is 87.7 cm³/mol. The van der Waals surface area contributed by atoms with Crippen LogP contribution in [0.15, 0.2) is 18.2 Å². The summed E-state index contributed by atoms with van der Waals surface area (Å²) in [7, 11) is 0. The molecule has 0 spiro atoms. The zero-order valence-electron chi connectivity index (χ0n) is 13.9. The smallest absolute Gasteiger partial charge is 0.338 e. The van der Waals surface area contributed by atoms with Crippen LogP contribution in [-0.4, -0.2) is 29.4 Å². The van der Waals surface area contributed by atoms with Crippen molar-refractivity contribution in [2.24, 2.45) is 5.92 Å². The number of nitro groups is 1. The summed E-state index contributed by atoms with van der Waals surface area (Å²) in [6, 6.07) is 4.11. The minimum Gasteiger partial charge on any atom is -0.452 e. The van der Waals surface area contributed by atoms with E-state index in [-0.39, 0.29) is 29.8 Å². The Morgan fingerprint density at radius 3 is 2.67 bits per heavy atom. The van der Waals surface area contributed by atoms with Gasteiger partial charge in [0.1, 0.15) is 0 Å². The summed E-state index contributed by atoms with van der Waals surface area (Å²) >= 11 is 0. The maximum atomic E-state index is 12.0. The number of hydrogen-bond donors (Lipinski definition) is 1. The topological polar surface area (TPSA) is 98.5 Å². The second kappa shape index (κ2) is 7.90. The second-order valence-electron chi connectivity index (χ2n) is 6.27. The molecule has 0 heterocycles. The van der Waals surface area contributed by atoms with Crippen molar-refractivity contribution in [2.75, 3.05) is 6.61 Å². The highest BCUT2D eigenvalue weighted by Crippen LogP contribution is 2.23. The molecule has 1 aromatic rings. The van der Waals surface area contributed by atoms with Gasteiger partial charge in [-0.3, -0.25) is 14.9 Å². The van der Waals surface area contributed by atoms with Crippen molar-refractivity contribution >= 4 is 17.6 Å². The lowest BCUT2D eigenvalue weighted by Crippen LogP contribution is -2.42. The fraction of sp³-hybridized carbons (Fsp3) is 0.529. The van der Waals surface area contributed by atoms with Crippen LogP contribution in [0.3, 0.4) is 0 Å². The Balaban J connectivity index is 1.87. The minimum atomic E-state index is -0.667. The molecule has 2 rings (SSSR count). The van der Waals surface area contributed by atoms with E-state index in [1.165, 1.54) is 24.6 Å². The van der Waals surface area contributed by atoms with Crippen LogP contribution in [0.25, 0.3) is 0 Å². The van der Waals surface area contributed by atoms with Gasteiger partial charge in [0, 0.05) is 17.7 Å². The van der Waals surface area contributed by atoms with Gasteiger partial charge in [0.05, 0.1) is 10.5 Å². The van der Waals surface area contributed by atoms with Gasteiger partial charge in [-0.1, -0.05) is 19.8 Å². The normalized spacial score (nSPS) is 20.2. The van der Waals surface area contributed by atoms with E-state index in [0.717, 1.165) is 19.3 Å². The number of hydrogen-bond acceptors (Lipinski definition) is 5. The van der Waals surface area contributed by atoms with Crippen LogP contribution in [0.4, 0.5) is 5.69 Å². The van der Waals surface area contributed by atoms with Crippen LogP contribution < -0.4 is 5.32 Å². The maximum absolute atomic E-state index is 12.0. The summed E-state index contributed by atoms with van der Waals surface area (Å²) in [5.74, 6) is -0.559. The third kappa shape index (κ3) is 4.53. The molecule has 130 valence electrons. The Hall–Kier alpha value is -2.44. The number of aryl methyl sites for hydroxylation is 1. The van der Waals surface area contributed by atoms with Gasteiger partial charge in [-0.05, 0) is 37.8 Å². The first-order valence-corrected chi connectivity index (χ1v) is 8.10. The summed E-state index contributed by atoms with van der Waals surface area (Å²) in [6.45, 7) is 3.31. The van der Waals surface area contributed by atoms with E-state index in [0.29, 0.717) is 11.5 Å². The van der Waals surface area contributed by atoms with Crippen molar-refractivity contribution in [1.29, 1.82) is 0 Å². The molecule has 0 aliphatic heterocycles. The number of benzene rings is 1. The number of nitro benzene ring substituents is 1. The highest BCUT2D eigenvalue weighted by Gasteiger charge is 2.23. The van der Waals surface area contributed by atoms with Gasteiger partial charge < -0.3 is 10.1 Å². The third-order valence-corrected chi connectivity index (χ3v) is 4.42. The SMILES string of the molecule is Cc1cc(C(=O)OCC(=O)N[C@H]2CCCC[C@@H]2C)ccc1[N+](=O)[O-]. The molecule has 1 N–H and O–H groups in total. The number of esters is 1. The molecule has 24 heavy (non-hydrogen) atoms. The van der Waals surface area contributed by atoms with Gasteiger partial charge in [-0.15, -0.1) is 0 Å². The highest BCUT2D eigenvalue weighted by molar-refractivity contribution is 5.91. The van der Waals surface area contributed by atoms with E-state index in [2.05, 4.69) is 12.2 Å². The van der Waals surface area contributed by atoms with Crippen molar-refractivity contribution in [2.45, 2.75) is 45.6 Å². The van der Waals surface area contributed by atoms with Gasteiger partial charge in [-0.25, -0.2) is 4.79 Å². The molecule has 2 atom stereocenters. The van der Waals surface area contributed by atoms with Gasteiger partial charge in [0.15, 0.2) is 6.61 Å². The summed E-state index contributed by atoms with van der Waals surface area (Å²) in [4.78, 5) is 34.2. The lowest BCUT2D eigenvalue weighted by molar-refractivity contribution is -0.385. The van der Waals surface area contributed by atoms with E-state index in [4.69, 9.17) is 4.74 Å². The number of carbonyl (C=O) groups is 2. The number of carbonyl (C=O) groups excluding carboxylic acids is 2. The van der Waals surface area contributed by atoms with Crippen LogP contribution in [0.5, 0.6) is 0 Å². The molecular formula is C17H22N2O5. The zero-order chi connectivity index (χ0) is 17.7. The molecule has 7 nitrogen and oxygen atoms in total. The average molecular weight is 334 g/mol. The van der Waals surface area contributed by atoms with Crippen LogP contribution >= 0.6 is 0 Å². The number of nitrogens with zero attached hydrogens (tertiary/aromatic N) is 1. The molecule has 0 bridgehead atoms. The molecule has 0 saturated heterocycles. The van der Waals surface area contributed by atoms with Crippen molar-refractivity contribution in [1.82, 2.24) is 5.32 Å². The van der Waals surface area contributed by atoms with Crippen molar-refractivity contribution in [3.8, 4) is 0 Å². The van der Waals surface area contributed by atoms with E-state index in [1.54, 1.807) is 6.92 Å². The van der Waals surface area contributed by atoms with Gasteiger partial charge in [0.25, 0.3) is 11.6 Å². The van der Waals surface area contributed by atoms with E-state index >= 15 is 0 Å². The lowest BCUT2D eigenvalue weighted by Gasteiger charge is -2.29. The lowest BCUT2D eigenvalue weighted by atomic mass is 9.86. The molecule has 1 aliphatic carbocycles. The average Bonchev–Trinajstić information content (AvgIpc) is 2.54. The molecule has 0 unspecified atom stereocenters. The molecule has 1 saturated carbocycles. The zero-order valence-corrected chi connectivity index (χ0v) is 13.9. The first kappa shape index (κ1) is 17.9. The second-order valence-corrected chi connectivity index (χ2v) is 6.27. The van der Waals surface area contributed by atoms with E-state index < -0.39 is 10.9 Å². The number of amides is 1. The molecule has 1 amide bonds. The summed E-state index contributed by atoms with van der Waals surface area (Å²) < 4.78 is 5.00. The molecule has 1 aliphatic rings. The summed E-state index contributed by atoms with van der Waals surface area (Å²) in [5.41, 5.74) is 0.502. The number of ether oxygens (including phenoxy) is 1. The summed E-state index contributed by atoms with van der Waals surface area (Å²) in [6.07, 6.45) is 4.31. The first-order chi connectivity index (χ1) is 11.4. The largest absolute Gasteiger partial charge is 0.452 e. The molecule has 7 heteroatoms. The molecule has 1 aromatic carbocycles. The Labute approximate surface area is 140 Å². The Kier molecular flexibility index (Phi) is 5.89. The fourth-order valence-electron chi connectivity index (χ4n) is 2.98. The molecule has 0 aromatic heterocycles. The van der Waals surface area contributed by atoms with Crippen molar-refractivity contribution < 1.29 is 19.2 Å². The van der Waals surface area contributed by atoms with Crippen LogP contribution in [-0.2, 0) is 9.53 Å². The van der Waals surface area contributed by atoms with Crippen molar-refractivity contribution in [3.05, 3.63) is 39.4 Å². The number of rotatable bonds is 5. The predicted octanol–water partition coefficient (Wildman–Crippen LogP) is 2.75.